The molecule has 2 amide bonds. The van der Waals surface area contributed by atoms with E-state index in [1.165, 1.54) is 47.2 Å². The van der Waals surface area contributed by atoms with Crippen molar-refractivity contribution >= 4 is 39.9 Å². The SMILES string of the molecule is Cc1nnc(SCC(=O)Nc2sc3c(c2C(N)=O)CCCC3)n1C1CCCCC1. The van der Waals surface area contributed by atoms with Gasteiger partial charge in [-0.3, -0.25) is 9.59 Å². The molecule has 0 aromatic carbocycles. The molecule has 0 atom stereocenters. The maximum absolute atomic E-state index is 12.6. The van der Waals surface area contributed by atoms with E-state index in [1.807, 2.05) is 6.92 Å². The van der Waals surface area contributed by atoms with Gasteiger partial charge in [0.2, 0.25) is 5.91 Å². The first-order valence-corrected chi connectivity index (χ1v) is 12.1. The summed E-state index contributed by atoms with van der Waals surface area (Å²) in [6.07, 6.45) is 10.0. The van der Waals surface area contributed by atoms with Gasteiger partial charge in [-0.2, -0.15) is 0 Å². The van der Waals surface area contributed by atoms with E-state index in [9.17, 15) is 9.59 Å². The van der Waals surface area contributed by atoms with Crippen LogP contribution in [0.25, 0.3) is 0 Å². The summed E-state index contributed by atoms with van der Waals surface area (Å²) < 4.78 is 2.19. The topological polar surface area (TPSA) is 103 Å². The van der Waals surface area contributed by atoms with Gasteiger partial charge in [0, 0.05) is 10.9 Å². The third-order valence-corrected chi connectivity index (χ3v) is 7.93. The molecular formula is C20H27N5O2S2. The fraction of sp³-hybridized carbons (Fsp3) is 0.600. The average molecular weight is 434 g/mol. The van der Waals surface area contributed by atoms with E-state index in [1.54, 1.807) is 0 Å². The number of nitrogens with one attached hydrogen (secondary N) is 1. The fourth-order valence-electron chi connectivity index (χ4n) is 4.42. The number of thioether (sulfide) groups is 1. The molecule has 1 saturated carbocycles. The Kier molecular flexibility index (Phi) is 6.24. The third kappa shape index (κ3) is 4.35. The van der Waals surface area contributed by atoms with Crippen LogP contribution >= 0.6 is 23.1 Å². The van der Waals surface area contributed by atoms with Crippen molar-refractivity contribution in [3.05, 3.63) is 21.8 Å². The van der Waals surface area contributed by atoms with Crippen molar-refractivity contribution in [3.63, 3.8) is 0 Å². The highest BCUT2D eigenvalue weighted by Gasteiger charge is 2.26. The maximum atomic E-state index is 12.6. The van der Waals surface area contributed by atoms with Crippen LogP contribution in [-0.4, -0.2) is 32.3 Å². The Hall–Kier alpha value is -1.87. The molecular weight excluding hydrogens is 406 g/mol. The molecule has 0 spiro atoms. The Balaban J connectivity index is 1.44. The van der Waals surface area contributed by atoms with E-state index < -0.39 is 5.91 Å². The Bertz CT molecular complexity index is 914. The van der Waals surface area contributed by atoms with Gasteiger partial charge >= 0.3 is 0 Å². The Morgan fingerprint density at radius 3 is 2.69 bits per heavy atom. The smallest absolute Gasteiger partial charge is 0.251 e. The molecule has 1 fully saturated rings. The van der Waals surface area contributed by atoms with Gasteiger partial charge in [0.05, 0.1) is 11.3 Å². The zero-order chi connectivity index (χ0) is 20.4. The van der Waals surface area contributed by atoms with Crippen LogP contribution in [0.1, 0.15) is 77.6 Å². The summed E-state index contributed by atoms with van der Waals surface area (Å²) >= 11 is 2.90. The summed E-state index contributed by atoms with van der Waals surface area (Å²) in [6.45, 7) is 1.97. The van der Waals surface area contributed by atoms with Gasteiger partial charge in [0.1, 0.15) is 10.8 Å². The van der Waals surface area contributed by atoms with Crippen LogP contribution in [-0.2, 0) is 17.6 Å². The number of primary amides is 1. The van der Waals surface area contributed by atoms with E-state index in [0.29, 0.717) is 16.6 Å². The number of aromatic nitrogens is 3. The predicted octanol–water partition coefficient (Wildman–Crippen LogP) is 3.86. The number of carbonyl (C=O) groups excluding carboxylic acids is 2. The van der Waals surface area contributed by atoms with Crippen LogP contribution < -0.4 is 11.1 Å². The molecule has 156 valence electrons. The number of aryl methyl sites for hydroxylation is 2. The molecule has 7 nitrogen and oxygen atoms in total. The zero-order valence-electron chi connectivity index (χ0n) is 16.7. The molecule has 0 aliphatic heterocycles. The predicted molar refractivity (Wildman–Crippen MR) is 116 cm³/mol. The lowest BCUT2D eigenvalue weighted by atomic mass is 9.95. The first-order valence-electron chi connectivity index (χ1n) is 10.3. The van der Waals surface area contributed by atoms with Crippen LogP contribution in [0.2, 0.25) is 0 Å². The molecule has 0 unspecified atom stereocenters. The summed E-state index contributed by atoms with van der Waals surface area (Å²) in [6, 6.07) is 0.426. The molecule has 9 heteroatoms. The molecule has 0 saturated heterocycles. The number of anilines is 1. The van der Waals surface area contributed by atoms with Crippen molar-refractivity contribution in [1.82, 2.24) is 14.8 Å². The van der Waals surface area contributed by atoms with Gasteiger partial charge in [0.15, 0.2) is 5.16 Å². The van der Waals surface area contributed by atoms with E-state index >= 15 is 0 Å². The fourth-order valence-corrected chi connectivity index (χ4v) is 6.58. The van der Waals surface area contributed by atoms with E-state index in [2.05, 4.69) is 20.1 Å². The molecule has 4 rings (SSSR count). The lowest BCUT2D eigenvalue weighted by molar-refractivity contribution is -0.113. The highest BCUT2D eigenvalue weighted by Crippen LogP contribution is 2.38. The number of carbonyl (C=O) groups is 2. The van der Waals surface area contributed by atoms with E-state index in [0.717, 1.165) is 55.1 Å². The highest BCUT2D eigenvalue weighted by molar-refractivity contribution is 7.99. The molecule has 2 aliphatic carbocycles. The van der Waals surface area contributed by atoms with E-state index in [4.69, 9.17) is 5.73 Å². The normalized spacial score (nSPS) is 17.1. The largest absolute Gasteiger partial charge is 0.365 e. The molecule has 2 aromatic heterocycles. The number of nitrogens with zero attached hydrogens (tertiary/aromatic N) is 3. The van der Waals surface area contributed by atoms with Gasteiger partial charge in [-0.05, 0) is 51.0 Å². The van der Waals surface area contributed by atoms with Crippen LogP contribution in [0.3, 0.4) is 0 Å². The van der Waals surface area contributed by atoms with E-state index in [-0.39, 0.29) is 11.7 Å². The second-order valence-electron chi connectivity index (χ2n) is 7.81. The van der Waals surface area contributed by atoms with Crippen molar-refractivity contribution in [2.24, 2.45) is 5.73 Å². The van der Waals surface area contributed by atoms with Gasteiger partial charge in [-0.1, -0.05) is 31.0 Å². The third-order valence-electron chi connectivity index (χ3n) is 5.78. The summed E-state index contributed by atoms with van der Waals surface area (Å²) in [7, 11) is 0. The molecule has 3 N–H and O–H groups in total. The minimum absolute atomic E-state index is 0.146. The number of rotatable bonds is 6. The molecule has 2 aliphatic rings. The summed E-state index contributed by atoms with van der Waals surface area (Å²) in [5.41, 5.74) is 7.15. The number of hydrogen-bond acceptors (Lipinski definition) is 6. The first-order chi connectivity index (χ1) is 14.0. The number of thiophene rings is 1. The lowest BCUT2D eigenvalue weighted by Gasteiger charge is -2.24. The van der Waals surface area contributed by atoms with Crippen molar-refractivity contribution in [1.29, 1.82) is 0 Å². The van der Waals surface area contributed by atoms with Crippen molar-refractivity contribution in [2.45, 2.75) is 75.9 Å². The summed E-state index contributed by atoms with van der Waals surface area (Å²) in [5, 5.41) is 12.8. The molecule has 2 aromatic rings. The van der Waals surface area contributed by atoms with Crippen LogP contribution in [0.4, 0.5) is 5.00 Å². The standard InChI is InChI=1S/C20H27N5O2S2/c1-12-23-24-20(25(12)13-7-3-2-4-8-13)28-11-16(26)22-19-17(18(21)27)14-9-5-6-10-15(14)29-19/h13H,2-11H2,1H3,(H2,21,27)(H,22,26). The van der Waals surface area contributed by atoms with Gasteiger partial charge in [0.25, 0.3) is 5.91 Å². The second kappa shape index (κ2) is 8.87. The van der Waals surface area contributed by atoms with Crippen LogP contribution in [0, 0.1) is 6.92 Å². The minimum atomic E-state index is -0.458. The molecule has 0 bridgehead atoms. The summed E-state index contributed by atoms with van der Waals surface area (Å²) in [4.78, 5) is 25.8. The summed E-state index contributed by atoms with van der Waals surface area (Å²) in [5.74, 6) is 0.528. The van der Waals surface area contributed by atoms with Gasteiger partial charge in [-0.15, -0.1) is 21.5 Å². The quantitative estimate of drug-likeness (QED) is 0.673. The Morgan fingerprint density at radius 2 is 1.93 bits per heavy atom. The lowest BCUT2D eigenvalue weighted by Crippen LogP contribution is -2.20. The monoisotopic (exact) mass is 433 g/mol. The average Bonchev–Trinajstić information content (AvgIpc) is 3.26. The number of fused-ring (bicyclic) bond motifs is 1. The Labute approximate surface area is 178 Å². The molecule has 0 radical (unpaired) electrons. The minimum Gasteiger partial charge on any atom is -0.365 e. The first kappa shape index (κ1) is 20.4. The van der Waals surface area contributed by atoms with Crippen LogP contribution in [0.15, 0.2) is 5.16 Å². The maximum Gasteiger partial charge on any atom is 0.251 e. The van der Waals surface area contributed by atoms with Crippen molar-refractivity contribution < 1.29 is 9.59 Å². The second-order valence-corrected chi connectivity index (χ2v) is 9.86. The Morgan fingerprint density at radius 1 is 1.17 bits per heavy atom. The van der Waals surface area contributed by atoms with Crippen LogP contribution in [0.5, 0.6) is 0 Å². The number of hydrogen-bond donors (Lipinski definition) is 2. The molecule has 29 heavy (non-hydrogen) atoms. The number of amides is 2. The van der Waals surface area contributed by atoms with Gasteiger partial charge < -0.3 is 15.6 Å². The molecule has 2 heterocycles. The van der Waals surface area contributed by atoms with Crippen molar-refractivity contribution in [3.8, 4) is 0 Å². The highest BCUT2D eigenvalue weighted by atomic mass is 32.2. The zero-order valence-corrected chi connectivity index (χ0v) is 18.3. The number of nitrogens with two attached hydrogens (primary N) is 1. The van der Waals surface area contributed by atoms with Gasteiger partial charge in [-0.25, -0.2) is 0 Å². The van der Waals surface area contributed by atoms with Crippen molar-refractivity contribution in [2.75, 3.05) is 11.1 Å².